The van der Waals surface area contributed by atoms with E-state index in [4.69, 9.17) is 28.2 Å². The van der Waals surface area contributed by atoms with Gasteiger partial charge >= 0.3 is 12.1 Å². The zero-order valence-electron chi connectivity index (χ0n) is 28.3. The number of aliphatic carboxylic acids is 1. The molecule has 2 aliphatic rings. The molecule has 3 amide bonds. The SMILES string of the molecule is Cn1c(-c2cn(-c3ccc(N)c(N)n3)nc2C(F)(F)F)cnc1C(=O)Nc1ccc(C(=O)N2CCN(C(=O)C3CCN(CC(=O)O)CC3)CC2)c(Cl)c1. The van der Waals surface area contributed by atoms with Crippen molar-refractivity contribution in [3.8, 4) is 17.1 Å². The molecule has 0 aliphatic carbocycles. The lowest BCUT2D eigenvalue weighted by Crippen LogP contribution is -2.53. The van der Waals surface area contributed by atoms with E-state index >= 15 is 0 Å². The minimum absolute atomic E-state index is 0.00183. The molecule has 3 aromatic heterocycles. The molecule has 6 N–H and O–H groups in total. The number of hydrogen-bond donors (Lipinski definition) is 4. The summed E-state index contributed by atoms with van der Waals surface area (Å²) in [5.41, 5.74) is 10.3. The highest BCUT2D eigenvalue weighted by molar-refractivity contribution is 6.34. The number of amides is 3. The van der Waals surface area contributed by atoms with E-state index in [-0.39, 0.29) is 88.0 Å². The molecular formula is C33H35ClF3N11O5. The number of carbonyl (C=O) groups excluding carboxylic acids is 3. The van der Waals surface area contributed by atoms with E-state index in [0.717, 1.165) is 17.1 Å². The summed E-state index contributed by atoms with van der Waals surface area (Å²) in [7, 11) is 1.38. The third-order valence-corrected chi connectivity index (χ3v) is 9.57. The normalized spacial score (nSPS) is 15.8. The van der Waals surface area contributed by atoms with Gasteiger partial charge in [0.25, 0.3) is 11.8 Å². The summed E-state index contributed by atoms with van der Waals surface area (Å²) >= 11 is 6.48. The van der Waals surface area contributed by atoms with Crippen LogP contribution in [0.4, 0.5) is 30.4 Å². The number of anilines is 3. The number of benzene rings is 1. The van der Waals surface area contributed by atoms with Crippen LogP contribution >= 0.6 is 11.6 Å². The second kappa shape index (κ2) is 14.7. The van der Waals surface area contributed by atoms with Gasteiger partial charge in [-0.15, -0.1) is 0 Å². The lowest BCUT2D eigenvalue weighted by molar-refractivity contribution is -0.141. The van der Waals surface area contributed by atoms with Crippen LogP contribution in [0.2, 0.25) is 5.02 Å². The molecule has 20 heteroatoms. The number of aromatic nitrogens is 5. The summed E-state index contributed by atoms with van der Waals surface area (Å²) in [6.07, 6.45) is -1.49. The number of rotatable bonds is 8. The number of hydrogen-bond acceptors (Lipinski definition) is 10. The van der Waals surface area contributed by atoms with Crippen LogP contribution in [-0.4, -0.2) is 114 Å². The molecule has 2 fully saturated rings. The Morgan fingerprint density at radius 3 is 2.30 bits per heavy atom. The van der Waals surface area contributed by atoms with Gasteiger partial charge in [-0.3, -0.25) is 24.1 Å². The standard InChI is InChI=1S/C33H35ClF3N11O5/c1-44-24(21-16-48(43-27(21)33(35,36)37)25-5-4-23(38)28(39)42-25)15-40-29(44)30(51)41-19-2-3-20(22(34)14-19)32(53)47-12-10-46(11-13-47)31(52)18-6-8-45(9-7-18)17-26(49)50/h2-5,14-16,18H,6-13,17,38H2,1H3,(H2,39,42)(H,41,51)(H,49,50). The molecule has 6 rings (SSSR count). The van der Waals surface area contributed by atoms with Crippen LogP contribution in [0.15, 0.2) is 42.7 Å². The number of nitrogen functional groups attached to an aromatic ring is 2. The molecule has 280 valence electrons. The van der Waals surface area contributed by atoms with Crippen LogP contribution in [-0.2, 0) is 22.8 Å². The number of carboxylic acid groups (broad SMARTS) is 1. The number of likely N-dealkylation sites (tertiary alicyclic amines) is 1. The highest BCUT2D eigenvalue weighted by atomic mass is 35.5. The van der Waals surface area contributed by atoms with Crippen molar-refractivity contribution < 1.29 is 37.5 Å². The third-order valence-electron chi connectivity index (χ3n) is 9.26. The fourth-order valence-electron chi connectivity index (χ4n) is 6.40. The Labute approximate surface area is 305 Å². The fourth-order valence-corrected chi connectivity index (χ4v) is 6.66. The molecule has 0 spiro atoms. The molecule has 0 unspecified atom stereocenters. The van der Waals surface area contributed by atoms with Gasteiger partial charge in [-0.25, -0.2) is 14.6 Å². The van der Waals surface area contributed by atoms with Gasteiger partial charge in [-0.05, 0) is 56.3 Å². The van der Waals surface area contributed by atoms with E-state index in [1.165, 1.54) is 41.9 Å². The minimum Gasteiger partial charge on any atom is -0.480 e. The number of piperazine rings is 1. The van der Waals surface area contributed by atoms with Crippen LogP contribution in [0, 0.1) is 5.92 Å². The van der Waals surface area contributed by atoms with Gasteiger partial charge in [0.05, 0.1) is 40.3 Å². The Kier molecular flexibility index (Phi) is 10.3. The van der Waals surface area contributed by atoms with Crippen LogP contribution in [0.1, 0.15) is 39.5 Å². The molecule has 0 saturated carbocycles. The van der Waals surface area contributed by atoms with E-state index in [9.17, 15) is 32.3 Å². The van der Waals surface area contributed by atoms with E-state index in [2.05, 4.69) is 20.4 Å². The number of halogens is 4. The zero-order chi connectivity index (χ0) is 38.2. The van der Waals surface area contributed by atoms with Gasteiger partial charge in [-0.2, -0.15) is 18.3 Å². The van der Waals surface area contributed by atoms with Crippen molar-refractivity contribution in [3.05, 3.63) is 64.8 Å². The molecule has 4 aromatic rings. The molecule has 0 radical (unpaired) electrons. The number of nitrogens with zero attached hydrogens (tertiary/aromatic N) is 8. The second-order valence-corrected chi connectivity index (χ2v) is 13.1. The maximum absolute atomic E-state index is 14.1. The van der Waals surface area contributed by atoms with Gasteiger partial charge < -0.3 is 36.3 Å². The topological polar surface area (TPSA) is 211 Å². The number of imidazole rings is 1. The van der Waals surface area contributed by atoms with Gasteiger partial charge in [0.1, 0.15) is 5.82 Å². The van der Waals surface area contributed by atoms with Crippen molar-refractivity contribution in [3.63, 3.8) is 0 Å². The van der Waals surface area contributed by atoms with Gasteiger partial charge in [0, 0.05) is 51.0 Å². The Bertz CT molecular complexity index is 2070. The predicted octanol–water partition coefficient (Wildman–Crippen LogP) is 2.84. The maximum atomic E-state index is 14.1. The van der Waals surface area contributed by atoms with Crippen LogP contribution in [0.3, 0.4) is 0 Å². The summed E-state index contributed by atoms with van der Waals surface area (Å²) in [4.78, 5) is 63.9. The lowest BCUT2D eigenvalue weighted by atomic mass is 9.95. The van der Waals surface area contributed by atoms with Gasteiger partial charge in [-0.1, -0.05) is 11.6 Å². The third kappa shape index (κ3) is 7.90. The number of carbonyl (C=O) groups is 4. The van der Waals surface area contributed by atoms with Crippen LogP contribution < -0.4 is 16.8 Å². The van der Waals surface area contributed by atoms with Gasteiger partial charge in [0.15, 0.2) is 17.3 Å². The number of alkyl halides is 3. The molecule has 53 heavy (non-hydrogen) atoms. The number of nitrogens with two attached hydrogens (primary N) is 2. The number of pyridine rings is 1. The summed E-state index contributed by atoms with van der Waals surface area (Å²) < 4.78 is 44.3. The molecule has 2 saturated heterocycles. The highest BCUT2D eigenvalue weighted by Crippen LogP contribution is 2.37. The minimum atomic E-state index is -4.86. The summed E-state index contributed by atoms with van der Waals surface area (Å²) in [5, 5.41) is 15.3. The maximum Gasteiger partial charge on any atom is 0.435 e. The van der Waals surface area contributed by atoms with E-state index in [0.29, 0.717) is 39.0 Å². The summed E-state index contributed by atoms with van der Waals surface area (Å²) in [6, 6.07) is 7.05. The van der Waals surface area contributed by atoms with Crippen molar-refractivity contribution in [1.82, 2.24) is 39.0 Å². The molecular weight excluding hydrogens is 723 g/mol. The fraction of sp³-hybridized carbons (Fsp3) is 0.364. The number of nitrogens with one attached hydrogen (secondary N) is 1. The first-order valence-electron chi connectivity index (χ1n) is 16.4. The largest absolute Gasteiger partial charge is 0.480 e. The highest BCUT2D eigenvalue weighted by Gasteiger charge is 2.39. The van der Waals surface area contributed by atoms with E-state index in [1.54, 1.807) is 9.80 Å². The second-order valence-electron chi connectivity index (χ2n) is 12.7. The first-order valence-corrected chi connectivity index (χ1v) is 16.8. The van der Waals surface area contributed by atoms with E-state index in [1.807, 2.05) is 4.90 Å². The number of piperidine rings is 1. The Balaban J connectivity index is 1.09. The molecule has 16 nitrogen and oxygen atoms in total. The molecule has 0 bridgehead atoms. The van der Waals surface area contributed by atoms with Crippen LogP contribution in [0.25, 0.3) is 17.1 Å². The number of carboxylic acids is 1. The van der Waals surface area contributed by atoms with Gasteiger partial charge in [0.2, 0.25) is 5.91 Å². The predicted molar refractivity (Wildman–Crippen MR) is 186 cm³/mol. The van der Waals surface area contributed by atoms with Crippen molar-refractivity contribution >= 4 is 52.5 Å². The Hall–Kier alpha value is -5.69. The Morgan fingerprint density at radius 2 is 1.68 bits per heavy atom. The van der Waals surface area contributed by atoms with E-state index < -0.39 is 23.7 Å². The summed E-state index contributed by atoms with van der Waals surface area (Å²) in [6.45, 7) is 2.29. The lowest BCUT2D eigenvalue weighted by Gasteiger charge is -2.38. The average molecular weight is 758 g/mol. The quantitative estimate of drug-likeness (QED) is 0.205. The average Bonchev–Trinajstić information content (AvgIpc) is 3.73. The molecule has 2 aliphatic heterocycles. The Morgan fingerprint density at radius 1 is 1.00 bits per heavy atom. The van der Waals surface area contributed by atoms with Crippen molar-refractivity contribution in [2.75, 3.05) is 62.6 Å². The first kappa shape index (κ1) is 37.1. The van der Waals surface area contributed by atoms with Crippen molar-refractivity contribution in [2.45, 2.75) is 19.0 Å². The summed E-state index contributed by atoms with van der Waals surface area (Å²) in [5.74, 6) is -2.50. The molecule has 1 aromatic carbocycles. The van der Waals surface area contributed by atoms with Crippen LogP contribution in [0.5, 0.6) is 0 Å². The van der Waals surface area contributed by atoms with Crippen molar-refractivity contribution in [1.29, 1.82) is 0 Å². The molecule has 5 heterocycles. The monoisotopic (exact) mass is 757 g/mol. The van der Waals surface area contributed by atoms with Crippen molar-refractivity contribution in [2.24, 2.45) is 13.0 Å². The smallest absolute Gasteiger partial charge is 0.435 e. The first-order chi connectivity index (χ1) is 25.1. The zero-order valence-corrected chi connectivity index (χ0v) is 29.1. The molecule has 0 atom stereocenters.